The number of likely N-dealkylation sites (tertiary alicyclic amines) is 1. The number of aromatic nitrogens is 2. The minimum Gasteiger partial charge on any atom is -0.351 e. The van der Waals surface area contributed by atoms with E-state index in [1.165, 1.54) is 12.8 Å². The van der Waals surface area contributed by atoms with Crippen LogP contribution in [0.4, 0.5) is 0 Å². The van der Waals surface area contributed by atoms with Crippen LogP contribution < -0.4 is 5.32 Å². The molecule has 1 saturated carbocycles. The molecule has 0 spiro atoms. The molecule has 160 valence electrons. The van der Waals surface area contributed by atoms with Crippen molar-refractivity contribution in [2.24, 2.45) is 0 Å². The molecule has 7 nitrogen and oxygen atoms in total. The van der Waals surface area contributed by atoms with E-state index in [2.05, 4.69) is 15.5 Å². The van der Waals surface area contributed by atoms with Gasteiger partial charge >= 0.3 is 0 Å². The minimum absolute atomic E-state index is 0.0426. The Hall–Kier alpha value is -3.22. The van der Waals surface area contributed by atoms with E-state index < -0.39 is 0 Å². The number of fused-ring (bicyclic) bond motifs is 1. The zero-order valence-electron chi connectivity index (χ0n) is 17.4. The summed E-state index contributed by atoms with van der Waals surface area (Å²) in [5.74, 6) is 0.344. The molecule has 0 atom stereocenters. The largest absolute Gasteiger partial charge is 0.351 e. The summed E-state index contributed by atoms with van der Waals surface area (Å²) in [4.78, 5) is 31.6. The molecule has 31 heavy (non-hydrogen) atoms. The van der Waals surface area contributed by atoms with Crippen molar-refractivity contribution in [1.29, 1.82) is 0 Å². The second kappa shape index (κ2) is 8.49. The maximum Gasteiger partial charge on any atom is 0.290 e. The fourth-order valence-electron chi connectivity index (χ4n) is 4.68. The van der Waals surface area contributed by atoms with Gasteiger partial charge in [0.1, 0.15) is 0 Å². The lowest BCUT2D eigenvalue weighted by Gasteiger charge is -2.31. The molecule has 1 aliphatic heterocycles. The summed E-state index contributed by atoms with van der Waals surface area (Å²) < 4.78 is 5.33. The smallest absolute Gasteiger partial charge is 0.290 e. The SMILES string of the molecule is O=C(NC1CCCC1)c1cc(C2CCN(C(=O)c3ccc4ncccc4c3)CC2)no1. The van der Waals surface area contributed by atoms with Gasteiger partial charge in [0, 0.05) is 48.3 Å². The summed E-state index contributed by atoms with van der Waals surface area (Å²) >= 11 is 0. The van der Waals surface area contributed by atoms with Crippen molar-refractivity contribution in [1.82, 2.24) is 20.4 Å². The number of nitrogens with zero attached hydrogens (tertiary/aromatic N) is 3. The van der Waals surface area contributed by atoms with Crippen LogP contribution in [0.2, 0.25) is 0 Å². The van der Waals surface area contributed by atoms with Crippen LogP contribution in [0.1, 0.15) is 71.0 Å². The highest BCUT2D eigenvalue weighted by atomic mass is 16.5. The predicted octanol–water partition coefficient (Wildman–Crippen LogP) is 3.92. The Morgan fingerprint density at radius 1 is 1.03 bits per heavy atom. The maximum atomic E-state index is 13.0. The lowest BCUT2D eigenvalue weighted by Crippen LogP contribution is -2.38. The summed E-state index contributed by atoms with van der Waals surface area (Å²) in [5.41, 5.74) is 2.38. The van der Waals surface area contributed by atoms with Gasteiger partial charge in [0.15, 0.2) is 0 Å². The van der Waals surface area contributed by atoms with Gasteiger partial charge in [0.05, 0.1) is 11.2 Å². The highest BCUT2D eigenvalue weighted by molar-refractivity contribution is 5.98. The number of amides is 2. The molecule has 7 heteroatoms. The minimum atomic E-state index is -0.177. The molecule has 1 aromatic carbocycles. The van der Waals surface area contributed by atoms with Gasteiger partial charge in [-0.3, -0.25) is 14.6 Å². The molecule has 1 N–H and O–H groups in total. The monoisotopic (exact) mass is 418 g/mol. The Kier molecular flexibility index (Phi) is 5.40. The lowest BCUT2D eigenvalue weighted by atomic mass is 9.93. The summed E-state index contributed by atoms with van der Waals surface area (Å²) in [7, 11) is 0. The highest BCUT2D eigenvalue weighted by Gasteiger charge is 2.28. The van der Waals surface area contributed by atoms with E-state index in [1.54, 1.807) is 12.3 Å². The number of carbonyl (C=O) groups excluding carboxylic acids is 2. The van der Waals surface area contributed by atoms with E-state index in [1.807, 2.05) is 35.2 Å². The maximum absolute atomic E-state index is 13.0. The fraction of sp³-hybridized carbons (Fsp3) is 0.417. The average molecular weight is 418 g/mol. The van der Waals surface area contributed by atoms with Crippen molar-refractivity contribution >= 4 is 22.7 Å². The summed E-state index contributed by atoms with van der Waals surface area (Å²) in [6.07, 6.45) is 7.76. The van der Waals surface area contributed by atoms with E-state index in [9.17, 15) is 9.59 Å². The molecule has 1 aliphatic carbocycles. The quantitative estimate of drug-likeness (QED) is 0.694. The molecule has 2 aromatic heterocycles. The first-order valence-electron chi connectivity index (χ1n) is 11.1. The van der Waals surface area contributed by atoms with Crippen LogP contribution in [0.5, 0.6) is 0 Å². The van der Waals surface area contributed by atoms with E-state index >= 15 is 0 Å². The number of piperidine rings is 1. The normalized spacial score (nSPS) is 17.9. The highest BCUT2D eigenvalue weighted by Crippen LogP contribution is 2.29. The molecule has 1 saturated heterocycles. The van der Waals surface area contributed by atoms with Gasteiger partial charge in [-0.05, 0) is 49.9 Å². The van der Waals surface area contributed by atoms with Gasteiger partial charge in [0.25, 0.3) is 11.8 Å². The van der Waals surface area contributed by atoms with Crippen molar-refractivity contribution in [3.63, 3.8) is 0 Å². The Balaban J connectivity index is 1.19. The summed E-state index contributed by atoms with van der Waals surface area (Å²) in [6, 6.07) is 11.5. The van der Waals surface area contributed by atoms with E-state index in [0.717, 1.165) is 42.3 Å². The van der Waals surface area contributed by atoms with Crippen LogP contribution in [-0.4, -0.2) is 46.0 Å². The molecule has 0 radical (unpaired) electrons. The molecule has 3 heterocycles. The average Bonchev–Trinajstić information content (AvgIpc) is 3.51. The van der Waals surface area contributed by atoms with Gasteiger partial charge in [-0.2, -0.15) is 0 Å². The Bertz CT molecular complexity index is 1090. The number of pyridine rings is 1. The first-order chi connectivity index (χ1) is 15.2. The molecule has 0 unspecified atom stereocenters. The lowest BCUT2D eigenvalue weighted by molar-refractivity contribution is 0.0711. The van der Waals surface area contributed by atoms with Crippen LogP contribution in [0.25, 0.3) is 10.9 Å². The number of hydrogen-bond acceptors (Lipinski definition) is 5. The van der Waals surface area contributed by atoms with Gasteiger partial charge < -0.3 is 14.7 Å². The molecule has 3 aromatic rings. The van der Waals surface area contributed by atoms with Gasteiger partial charge in [-0.15, -0.1) is 0 Å². The molecular weight excluding hydrogens is 392 g/mol. The zero-order chi connectivity index (χ0) is 21.2. The molecule has 2 amide bonds. The number of nitrogens with one attached hydrogen (secondary N) is 1. The molecule has 2 aliphatic rings. The standard InChI is InChI=1S/C24H26N4O3/c29-23(26-19-5-1-2-6-19)22-15-21(27-31-22)16-9-12-28(13-10-16)24(30)18-7-8-20-17(14-18)4-3-11-25-20/h3-4,7-8,11,14-16,19H,1-2,5-6,9-10,12-13H2,(H,26,29). The second-order valence-corrected chi connectivity index (χ2v) is 8.55. The van der Waals surface area contributed by atoms with Crippen molar-refractivity contribution in [3.05, 3.63) is 59.6 Å². The van der Waals surface area contributed by atoms with Gasteiger partial charge in [-0.25, -0.2) is 0 Å². The van der Waals surface area contributed by atoms with Gasteiger partial charge in [-0.1, -0.05) is 24.1 Å². The third-order valence-corrected chi connectivity index (χ3v) is 6.49. The van der Waals surface area contributed by atoms with Crippen LogP contribution in [0, 0.1) is 0 Å². The predicted molar refractivity (Wildman–Crippen MR) is 116 cm³/mol. The number of benzene rings is 1. The van der Waals surface area contributed by atoms with Crippen molar-refractivity contribution < 1.29 is 14.1 Å². The molecule has 2 fully saturated rings. The third kappa shape index (κ3) is 4.17. The number of rotatable bonds is 4. The van der Waals surface area contributed by atoms with Crippen molar-refractivity contribution in [2.45, 2.75) is 50.5 Å². The molecule has 5 rings (SSSR count). The van der Waals surface area contributed by atoms with Crippen LogP contribution in [-0.2, 0) is 0 Å². The Morgan fingerprint density at radius 2 is 1.84 bits per heavy atom. The van der Waals surface area contributed by atoms with E-state index in [0.29, 0.717) is 18.7 Å². The number of carbonyl (C=O) groups is 2. The number of hydrogen-bond donors (Lipinski definition) is 1. The van der Waals surface area contributed by atoms with Crippen LogP contribution in [0.3, 0.4) is 0 Å². The zero-order valence-corrected chi connectivity index (χ0v) is 17.4. The second-order valence-electron chi connectivity index (χ2n) is 8.55. The topological polar surface area (TPSA) is 88.3 Å². The molecular formula is C24H26N4O3. The van der Waals surface area contributed by atoms with Crippen LogP contribution >= 0.6 is 0 Å². The van der Waals surface area contributed by atoms with Gasteiger partial charge in [0.2, 0.25) is 5.76 Å². The Labute approximate surface area is 180 Å². The Morgan fingerprint density at radius 3 is 2.65 bits per heavy atom. The van der Waals surface area contributed by atoms with Crippen LogP contribution in [0.15, 0.2) is 47.1 Å². The summed E-state index contributed by atoms with van der Waals surface area (Å²) in [5, 5.41) is 8.15. The first kappa shape index (κ1) is 19.7. The first-order valence-corrected chi connectivity index (χ1v) is 11.1. The van der Waals surface area contributed by atoms with E-state index in [-0.39, 0.29) is 29.5 Å². The van der Waals surface area contributed by atoms with E-state index in [4.69, 9.17) is 4.52 Å². The fourth-order valence-corrected chi connectivity index (χ4v) is 4.68. The van der Waals surface area contributed by atoms with Crippen molar-refractivity contribution in [2.75, 3.05) is 13.1 Å². The molecule has 0 bridgehead atoms. The van der Waals surface area contributed by atoms with Crippen molar-refractivity contribution in [3.8, 4) is 0 Å². The summed E-state index contributed by atoms with van der Waals surface area (Å²) in [6.45, 7) is 1.32. The third-order valence-electron chi connectivity index (χ3n) is 6.49.